The summed E-state index contributed by atoms with van der Waals surface area (Å²) in [6.45, 7) is 5.33. The molecule has 0 aliphatic carbocycles. The zero-order valence-electron chi connectivity index (χ0n) is 23.2. The molecule has 7 heteroatoms. The molecular formula is C27H56NO5P. The smallest absolute Gasteiger partial charge is 0.140 e. The van der Waals surface area contributed by atoms with Crippen molar-refractivity contribution in [3.63, 3.8) is 0 Å². The Morgan fingerprint density at radius 1 is 0.824 bits per heavy atom. The molecule has 0 aliphatic rings. The molecule has 0 rings (SSSR count). The summed E-state index contributed by atoms with van der Waals surface area (Å²) < 4.78 is 23.7. The summed E-state index contributed by atoms with van der Waals surface area (Å²) in [5.41, 5.74) is 0. The number of quaternary nitrogens is 1. The summed E-state index contributed by atoms with van der Waals surface area (Å²) in [6.07, 6.45) is 18.8. The molecule has 6 nitrogen and oxygen atoms in total. The Hall–Kier alpha value is -0.260. The lowest BCUT2D eigenvalue weighted by molar-refractivity contribution is -0.868. The molecule has 0 spiro atoms. The van der Waals surface area contributed by atoms with E-state index in [0.29, 0.717) is 24.2 Å². The van der Waals surface area contributed by atoms with E-state index in [1.807, 2.05) is 21.1 Å². The minimum Gasteiger partial charge on any atom is -0.778 e. The largest absolute Gasteiger partial charge is 0.778 e. The average molecular weight is 506 g/mol. The van der Waals surface area contributed by atoms with Crippen molar-refractivity contribution in [2.45, 2.75) is 110 Å². The second-order valence-electron chi connectivity index (χ2n) is 11.1. The zero-order valence-corrected chi connectivity index (χ0v) is 24.0. The van der Waals surface area contributed by atoms with Crippen molar-refractivity contribution in [3.05, 3.63) is 0 Å². The Bertz CT molecular complexity index is 536. The van der Waals surface area contributed by atoms with Gasteiger partial charge in [0.1, 0.15) is 13.4 Å². The molecule has 0 aromatic heterocycles. The third kappa shape index (κ3) is 24.9. The first kappa shape index (κ1) is 33.7. The Kier molecular flexibility index (Phi) is 20.7. The van der Waals surface area contributed by atoms with Crippen molar-refractivity contribution in [1.29, 1.82) is 0 Å². The van der Waals surface area contributed by atoms with E-state index >= 15 is 0 Å². The number of ketones is 1. The minimum atomic E-state index is -3.89. The Morgan fingerprint density at radius 2 is 1.29 bits per heavy atom. The number of carbonyl (C=O) groups is 1. The Labute approximate surface area is 211 Å². The average Bonchev–Trinajstić information content (AvgIpc) is 2.75. The van der Waals surface area contributed by atoms with Gasteiger partial charge in [0.15, 0.2) is 0 Å². The number of hydrogen-bond acceptors (Lipinski definition) is 5. The number of rotatable bonds is 25. The third-order valence-electron chi connectivity index (χ3n) is 6.12. The molecule has 0 aromatic carbocycles. The molecule has 34 heavy (non-hydrogen) atoms. The molecule has 0 aromatic rings. The first-order valence-electron chi connectivity index (χ1n) is 13.9. The molecule has 0 N–H and O–H groups in total. The topological polar surface area (TPSA) is 75.7 Å². The Morgan fingerprint density at radius 3 is 1.74 bits per heavy atom. The maximum Gasteiger partial charge on any atom is 0.140 e. The van der Waals surface area contributed by atoms with Crippen LogP contribution >= 0.6 is 7.60 Å². The van der Waals surface area contributed by atoms with Crippen LogP contribution in [0.4, 0.5) is 0 Å². The quantitative estimate of drug-likeness (QED) is 0.0820. The second kappa shape index (κ2) is 20.9. The summed E-state index contributed by atoms with van der Waals surface area (Å²) >= 11 is 0. The second-order valence-corrected chi connectivity index (χ2v) is 13.0. The molecule has 0 saturated heterocycles. The standard InChI is InChI=1S/C27H56NO5P/c1-6-7-8-9-10-11-12-13-14-15-16-17-18-19-21-32-24-27(23-26(2)29)25-33-34(30,31)22-20-28(3,4)5/h27H,6-25H2,1-5H3. The number of unbranched alkanes of at least 4 members (excludes halogenated alkanes) is 13. The van der Waals surface area contributed by atoms with Gasteiger partial charge in [-0.25, -0.2) is 0 Å². The maximum absolute atomic E-state index is 12.2. The fraction of sp³-hybridized carbons (Fsp3) is 0.963. The number of hydrogen-bond donors (Lipinski definition) is 0. The molecular weight excluding hydrogens is 449 g/mol. The maximum atomic E-state index is 12.2. The van der Waals surface area contributed by atoms with Crippen molar-refractivity contribution in [1.82, 2.24) is 0 Å². The summed E-state index contributed by atoms with van der Waals surface area (Å²) in [5, 5.41) is 0. The predicted molar refractivity (Wildman–Crippen MR) is 141 cm³/mol. The van der Waals surface area contributed by atoms with Gasteiger partial charge < -0.3 is 28.0 Å². The van der Waals surface area contributed by atoms with Gasteiger partial charge in [0.2, 0.25) is 0 Å². The molecule has 204 valence electrons. The van der Waals surface area contributed by atoms with Crippen molar-refractivity contribution in [2.75, 3.05) is 53.7 Å². The molecule has 0 amide bonds. The highest BCUT2D eigenvalue weighted by Crippen LogP contribution is 2.37. The van der Waals surface area contributed by atoms with Crippen LogP contribution in [0, 0.1) is 5.92 Å². The Balaban J connectivity index is 3.76. The third-order valence-corrected chi connectivity index (χ3v) is 7.41. The van der Waals surface area contributed by atoms with Gasteiger partial charge in [-0.2, -0.15) is 0 Å². The molecule has 0 radical (unpaired) electrons. The number of carbonyl (C=O) groups excluding carboxylic acids is 1. The first-order chi connectivity index (χ1) is 16.1. The molecule has 0 fully saturated rings. The van der Waals surface area contributed by atoms with Gasteiger partial charge in [-0.05, 0) is 13.3 Å². The predicted octanol–water partition coefficient (Wildman–Crippen LogP) is 6.36. The van der Waals surface area contributed by atoms with E-state index in [1.165, 1.54) is 84.0 Å². The molecule has 0 saturated carbocycles. The van der Waals surface area contributed by atoms with Crippen LogP contribution in [0.2, 0.25) is 0 Å². The van der Waals surface area contributed by atoms with E-state index in [1.54, 1.807) is 0 Å². The van der Waals surface area contributed by atoms with Gasteiger partial charge >= 0.3 is 0 Å². The van der Waals surface area contributed by atoms with E-state index < -0.39 is 7.60 Å². The summed E-state index contributed by atoms with van der Waals surface area (Å²) in [7, 11) is 1.95. The van der Waals surface area contributed by atoms with Crippen LogP contribution in [0.25, 0.3) is 0 Å². The SMILES string of the molecule is CCCCCCCCCCCCCCCCOCC(COP(=O)([O-])CC[N+](C)(C)C)CC(C)=O. The van der Waals surface area contributed by atoms with Gasteiger partial charge in [-0.1, -0.05) is 90.4 Å². The lowest BCUT2D eigenvalue weighted by Crippen LogP contribution is -2.38. The van der Waals surface area contributed by atoms with Crippen molar-refractivity contribution >= 4 is 13.4 Å². The monoisotopic (exact) mass is 505 g/mol. The highest BCUT2D eigenvalue weighted by atomic mass is 31.2. The minimum absolute atomic E-state index is 0.00317. The van der Waals surface area contributed by atoms with E-state index in [4.69, 9.17) is 9.26 Å². The number of nitrogens with zero attached hydrogens (tertiary/aromatic N) is 1. The van der Waals surface area contributed by atoms with E-state index in [9.17, 15) is 14.3 Å². The molecule has 2 atom stereocenters. The van der Waals surface area contributed by atoms with Gasteiger partial charge in [-0.3, -0.25) is 0 Å². The molecule has 0 heterocycles. The van der Waals surface area contributed by atoms with Crippen LogP contribution in [0.1, 0.15) is 110 Å². The highest BCUT2D eigenvalue weighted by molar-refractivity contribution is 7.51. The van der Waals surface area contributed by atoms with Crippen molar-refractivity contribution in [2.24, 2.45) is 5.92 Å². The van der Waals surface area contributed by atoms with Crippen molar-refractivity contribution < 1.29 is 28.0 Å². The van der Waals surface area contributed by atoms with Crippen LogP contribution in [-0.4, -0.2) is 63.9 Å². The van der Waals surface area contributed by atoms with E-state index in [-0.39, 0.29) is 30.9 Å². The van der Waals surface area contributed by atoms with E-state index in [2.05, 4.69) is 6.92 Å². The first-order valence-corrected chi connectivity index (χ1v) is 15.6. The molecule has 2 unspecified atom stereocenters. The lowest BCUT2D eigenvalue weighted by Gasteiger charge is -2.30. The van der Waals surface area contributed by atoms with Gasteiger partial charge in [-0.15, -0.1) is 0 Å². The summed E-state index contributed by atoms with van der Waals surface area (Å²) in [6, 6.07) is 0. The fourth-order valence-electron chi connectivity index (χ4n) is 3.93. The van der Waals surface area contributed by atoms with Crippen LogP contribution < -0.4 is 4.89 Å². The van der Waals surface area contributed by atoms with Gasteiger partial charge in [0.25, 0.3) is 0 Å². The fourth-order valence-corrected chi connectivity index (χ4v) is 5.34. The van der Waals surface area contributed by atoms with Crippen LogP contribution in [0.5, 0.6) is 0 Å². The lowest BCUT2D eigenvalue weighted by atomic mass is 10.0. The van der Waals surface area contributed by atoms with Crippen LogP contribution in [-0.2, 0) is 18.6 Å². The summed E-state index contributed by atoms with van der Waals surface area (Å²) in [5.74, 6) is -0.184. The van der Waals surface area contributed by atoms with Crippen LogP contribution in [0.15, 0.2) is 0 Å². The number of Topliss-reactive ketones (excluding diaryl/α,β-unsaturated/α-hetero) is 1. The van der Waals surface area contributed by atoms with Gasteiger partial charge in [0.05, 0.1) is 47.1 Å². The van der Waals surface area contributed by atoms with Crippen molar-refractivity contribution in [3.8, 4) is 0 Å². The van der Waals surface area contributed by atoms with Gasteiger partial charge in [0, 0.05) is 18.9 Å². The van der Waals surface area contributed by atoms with Crippen LogP contribution in [0.3, 0.4) is 0 Å². The zero-order chi connectivity index (χ0) is 25.7. The summed E-state index contributed by atoms with van der Waals surface area (Å²) in [4.78, 5) is 23.7. The normalized spacial score (nSPS) is 14.8. The molecule has 0 bridgehead atoms. The number of ether oxygens (including phenoxy) is 1. The molecule has 0 aliphatic heterocycles. The highest BCUT2D eigenvalue weighted by Gasteiger charge is 2.19. The van der Waals surface area contributed by atoms with E-state index in [0.717, 1.165) is 12.8 Å².